The minimum atomic E-state index is -0.480. The van der Waals surface area contributed by atoms with Gasteiger partial charge in [0.2, 0.25) is 0 Å². The highest BCUT2D eigenvalue weighted by Crippen LogP contribution is 2.26. The maximum atomic E-state index is 11.9. The quantitative estimate of drug-likeness (QED) is 0.857. The lowest BCUT2D eigenvalue weighted by Gasteiger charge is -2.25. The predicted molar refractivity (Wildman–Crippen MR) is 80.3 cm³/mol. The van der Waals surface area contributed by atoms with E-state index in [0.29, 0.717) is 6.04 Å². The van der Waals surface area contributed by atoms with Gasteiger partial charge in [-0.1, -0.05) is 0 Å². The summed E-state index contributed by atoms with van der Waals surface area (Å²) in [7, 11) is 0. The highest BCUT2D eigenvalue weighted by molar-refractivity contribution is 9.10. The van der Waals surface area contributed by atoms with Crippen molar-refractivity contribution in [3.8, 4) is 0 Å². The minimum absolute atomic E-state index is 0.192. The Morgan fingerprint density at radius 1 is 1.50 bits per heavy atom. The monoisotopic (exact) mass is 343 g/mol. The third kappa shape index (κ3) is 3.61. The zero-order chi connectivity index (χ0) is 14.8. The number of ether oxygens (including phenoxy) is 1. The average molecular weight is 344 g/mol. The summed E-state index contributed by atoms with van der Waals surface area (Å²) in [4.78, 5) is 11.9. The normalized spacial score (nSPS) is 17.2. The summed E-state index contributed by atoms with van der Waals surface area (Å²) in [5.74, 6) is -0.192. The van der Waals surface area contributed by atoms with Crippen LogP contribution in [-0.2, 0) is 16.1 Å². The molecule has 0 bridgehead atoms. The van der Waals surface area contributed by atoms with Gasteiger partial charge in [-0.25, -0.2) is 0 Å². The number of carbonyl (C=O) groups is 1. The second kappa shape index (κ2) is 6.26. The first-order valence-electron chi connectivity index (χ1n) is 6.99. The van der Waals surface area contributed by atoms with Gasteiger partial charge in [0.1, 0.15) is 6.61 Å². The number of piperidine rings is 1. The molecule has 1 fully saturated rings. The summed E-state index contributed by atoms with van der Waals surface area (Å²) >= 11 is 3.49. The fourth-order valence-electron chi connectivity index (χ4n) is 2.22. The first-order chi connectivity index (χ1) is 9.39. The van der Waals surface area contributed by atoms with Crippen LogP contribution in [0.25, 0.3) is 0 Å². The summed E-state index contributed by atoms with van der Waals surface area (Å²) in [5.41, 5.74) is 0.459. The Balaban J connectivity index is 2.07. The van der Waals surface area contributed by atoms with Gasteiger partial charge in [0, 0.05) is 0 Å². The summed E-state index contributed by atoms with van der Waals surface area (Å²) in [6.45, 7) is 7.84. The molecule has 0 spiro atoms. The lowest BCUT2D eigenvalue weighted by molar-refractivity contribution is -0.154. The van der Waals surface area contributed by atoms with E-state index < -0.39 is 5.41 Å². The first kappa shape index (κ1) is 15.5. The number of hydrogen-bond donors (Lipinski definition) is 1. The number of rotatable bonds is 3. The van der Waals surface area contributed by atoms with E-state index in [1.54, 1.807) is 6.20 Å². The van der Waals surface area contributed by atoms with Crippen LogP contribution in [0.2, 0.25) is 0 Å². The highest BCUT2D eigenvalue weighted by Gasteiger charge is 2.25. The molecule has 2 heterocycles. The molecule has 2 rings (SSSR count). The van der Waals surface area contributed by atoms with Crippen LogP contribution in [0.15, 0.2) is 10.7 Å². The van der Waals surface area contributed by atoms with E-state index in [9.17, 15) is 4.79 Å². The van der Waals surface area contributed by atoms with E-state index in [2.05, 4.69) is 26.3 Å². The summed E-state index contributed by atoms with van der Waals surface area (Å²) in [6.07, 6.45) is 3.88. The molecular weight excluding hydrogens is 322 g/mol. The van der Waals surface area contributed by atoms with Crippen LogP contribution >= 0.6 is 15.9 Å². The number of carbonyl (C=O) groups excluding carboxylic acids is 1. The molecule has 5 nitrogen and oxygen atoms in total. The zero-order valence-corrected chi connectivity index (χ0v) is 13.9. The van der Waals surface area contributed by atoms with E-state index in [1.807, 2.05) is 25.5 Å². The van der Waals surface area contributed by atoms with Crippen LogP contribution in [0.4, 0.5) is 0 Å². The summed E-state index contributed by atoms with van der Waals surface area (Å²) < 4.78 is 8.32. The Morgan fingerprint density at radius 3 is 2.75 bits per heavy atom. The molecule has 6 heteroatoms. The van der Waals surface area contributed by atoms with Crippen molar-refractivity contribution in [2.45, 2.75) is 46.3 Å². The molecule has 1 aliphatic heterocycles. The Kier molecular flexibility index (Phi) is 4.86. The van der Waals surface area contributed by atoms with Gasteiger partial charge in [0.15, 0.2) is 0 Å². The van der Waals surface area contributed by atoms with Crippen molar-refractivity contribution in [2.75, 3.05) is 13.1 Å². The standard InChI is InChI=1S/C14H22BrN3O2/c1-14(2,3)13(19)20-9-12-11(15)8-17-18(12)10-4-6-16-7-5-10/h8,10,16H,4-7,9H2,1-3H3. The van der Waals surface area contributed by atoms with E-state index in [0.717, 1.165) is 36.1 Å². The molecule has 0 amide bonds. The van der Waals surface area contributed by atoms with Crippen LogP contribution in [0.3, 0.4) is 0 Å². The van der Waals surface area contributed by atoms with Gasteiger partial charge in [-0.3, -0.25) is 9.48 Å². The van der Waals surface area contributed by atoms with E-state index >= 15 is 0 Å². The van der Waals surface area contributed by atoms with Gasteiger partial charge in [-0.05, 0) is 62.6 Å². The van der Waals surface area contributed by atoms with Crippen molar-refractivity contribution in [3.05, 3.63) is 16.4 Å². The summed E-state index contributed by atoms with van der Waals surface area (Å²) in [6, 6.07) is 0.380. The third-order valence-electron chi connectivity index (χ3n) is 3.45. The second-order valence-corrected chi connectivity index (χ2v) is 7.05. The van der Waals surface area contributed by atoms with E-state index in [-0.39, 0.29) is 12.6 Å². The van der Waals surface area contributed by atoms with Crippen molar-refractivity contribution in [2.24, 2.45) is 5.41 Å². The number of esters is 1. The molecule has 1 aliphatic rings. The fourth-order valence-corrected chi connectivity index (χ4v) is 2.61. The van der Waals surface area contributed by atoms with E-state index in [1.165, 1.54) is 0 Å². The molecule has 20 heavy (non-hydrogen) atoms. The molecule has 0 saturated carbocycles. The van der Waals surface area contributed by atoms with Gasteiger partial charge in [0.05, 0.1) is 27.8 Å². The molecule has 0 aromatic carbocycles. The number of hydrogen-bond acceptors (Lipinski definition) is 4. The first-order valence-corrected chi connectivity index (χ1v) is 7.78. The molecule has 1 N–H and O–H groups in total. The minimum Gasteiger partial charge on any atom is -0.459 e. The molecule has 0 unspecified atom stereocenters. The predicted octanol–water partition coefficient (Wildman–Crippen LogP) is 2.66. The topological polar surface area (TPSA) is 56.1 Å². The largest absolute Gasteiger partial charge is 0.459 e. The lowest BCUT2D eigenvalue weighted by Crippen LogP contribution is -2.31. The highest BCUT2D eigenvalue weighted by atomic mass is 79.9. The molecule has 1 aromatic heterocycles. The summed E-state index contributed by atoms with van der Waals surface area (Å²) in [5, 5.41) is 7.77. The SMILES string of the molecule is CC(C)(C)C(=O)OCc1c(Br)cnn1C1CCNCC1. The van der Waals surface area contributed by atoms with Gasteiger partial charge < -0.3 is 10.1 Å². The molecule has 1 aromatic rings. The van der Waals surface area contributed by atoms with Crippen molar-refractivity contribution >= 4 is 21.9 Å². The van der Waals surface area contributed by atoms with Crippen molar-refractivity contribution in [1.82, 2.24) is 15.1 Å². The fraction of sp³-hybridized carbons (Fsp3) is 0.714. The van der Waals surface area contributed by atoms with Crippen molar-refractivity contribution in [1.29, 1.82) is 0 Å². The van der Waals surface area contributed by atoms with Crippen LogP contribution < -0.4 is 5.32 Å². The smallest absolute Gasteiger partial charge is 0.311 e. The molecular formula is C14H22BrN3O2. The second-order valence-electron chi connectivity index (χ2n) is 6.19. The van der Waals surface area contributed by atoms with Crippen LogP contribution in [-0.4, -0.2) is 28.8 Å². The zero-order valence-electron chi connectivity index (χ0n) is 12.3. The van der Waals surface area contributed by atoms with E-state index in [4.69, 9.17) is 4.74 Å². The lowest BCUT2D eigenvalue weighted by atomic mass is 9.97. The third-order valence-corrected chi connectivity index (χ3v) is 4.12. The van der Waals surface area contributed by atoms with Gasteiger partial charge >= 0.3 is 5.97 Å². The van der Waals surface area contributed by atoms with Crippen LogP contribution in [0.5, 0.6) is 0 Å². The van der Waals surface area contributed by atoms with Crippen LogP contribution in [0, 0.1) is 5.41 Å². The molecule has 0 radical (unpaired) electrons. The number of nitrogens with one attached hydrogen (secondary N) is 1. The van der Waals surface area contributed by atoms with Gasteiger partial charge in [0.25, 0.3) is 0 Å². The number of aromatic nitrogens is 2. The van der Waals surface area contributed by atoms with Gasteiger partial charge in [-0.15, -0.1) is 0 Å². The number of nitrogens with zero attached hydrogens (tertiary/aromatic N) is 2. The molecule has 0 atom stereocenters. The maximum absolute atomic E-state index is 11.9. The Labute approximate surface area is 128 Å². The maximum Gasteiger partial charge on any atom is 0.311 e. The van der Waals surface area contributed by atoms with Gasteiger partial charge in [-0.2, -0.15) is 5.10 Å². The Hall–Kier alpha value is -0.880. The number of halogens is 1. The Morgan fingerprint density at radius 2 is 2.15 bits per heavy atom. The van der Waals surface area contributed by atoms with Crippen molar-refractivity contribution < 1.29 is 9.53 Å². The molecule has 0 aliphatic carbocycles. The average Bonchev–Trinajstić information content (AvgIpc) is 2.77. The van der Waals surface area contributed by atoms with Crippen molar-refractivity contribution in [3.63, 3.8) is 0 Å². The van der Waals surface area contributed by atoms with Crippen LogP contribution in [0.1, 0.15) is 45.3 Å². The molecule has 112 valence electrons. The molecule has 1 saturated heterocycles. The Bertz CT molecular complexity index is 473.